The van der Waals surface area contributed by atoms with Crippen LogP contribution >= 0.6 is 0 Å². The summed E-state index contributed by atoms with van der Waals surface area (Å²) in [5, 5.41) is 12.7. The summed E-state index contributed by atoms with van der Waals surface area (Å²) < 4.78 is 10.8. The normalized spacial score (nSPS) is 12.9. The summed E-state index contributed by atoms with van der Waals surface area (Å²) in [5.74, 6) is -1.35. The SMILES string of the molecule is Cc1cc(=O)oc2cc(OC(C)C(=O)NC(Cc3ccccc3)C(=O)O)ccc12. The highest BCUT2D eigenvalue weighted by Crippen LogP contribution is 2.23. The van der Waals surface area contributed by atoms with Crippen molar-refractivity contribution < 1.29 is 23.8 Å². The van der Waals surface area contributed by atoms with Crippen LogP contribution in [-0.4, -0.2) is 29.1 Å². The van der Waals surface area contributed by atoms with Gasteiger partial charge in [-0.2, -0.15) is 0 Å². The number of aliphatic carboxylic acids is 1. The molecule has 2 aromatic carbocycles. The number of aryl methyl sites for hydroxylation is 1. The zero-order chi connectivity index (χ0) is 21.0. The average Bonchev–Trinajstić information content (AvgIpc) is 2.67. The Labute approximate surface area is 166 Å². The van der Waals surface area contributed by atoms with E-state index in [2.05, 4.69) is 5.32 Å². The van der Waals surface area contributed by atoms with E-state index in [0.29, 0.717) is 11.3 Å². The van der Waals surface area contributed by atoms with E-state index in [1.54, 1.807) is 31.2 Å². The fraction of sp³-hybridized carbons (Fsp3) is 0.227. The van der Waals surface area contributed by atoms with E-state index in [1.807, 2.05) is 18.2 Å². The van der Waals surface area contributed by atoms with Gasteiger partial charge in [0.25, 0.3) is 5.91 Å². The number of nitrogens with one attached hydrogen (secondary N) is 1. The van der Waals surface area contributed by atoms with Gasteiger partial charge in [0.2, 0.25) is 0 Å². The third-order valence-corrected chi connectivity index (χ3v) is 4.50. The molecule has 3 rings (SSSR count). The second-order valence-electron chi connectivity index (χ2n) is 6.76. The molecule has 150 valence electrons. The zero-order valence-electron chi connectivity index (χ0n) is 16.0. The highest BCUT2D eigenvalue weighted by molar-refractivity contribution is 5.86. The summed E-state index contributed by atoms with van der Waals surface area (Å²) in [6, 6.07) is 14.3. The molecule has 0 aliphatic heterocycles. The Morgan fingerprint density at radius 3 is 2.55 bits per heavy atom. The van der Waals surface area contributed by atoms with Crippen molar-refractivity contribution in [2.24, 2.45) is 0 Å². The van der Waals surface area contributed by atoms with Crippen LogP contribution in [0.3, 0.4) is 0 Å². The van der Waals surface area contributed by atoms with Crippen LogP contribution in [0.15, 0.2) is 63.8 Å². The third kappa shape index (κ3) is 5.01. The Hall–Kier alpha value is -3.61. The number of fused-ring (bicyclic) bond motifs is 1. The first-order valence-corrected chi connectivity index (χ1v) is 9.12. The number of hydrogen-bond donors (Lipinski definition) is 2. The maximum absolute atomic E-state index is 12.5. The fourth-order valence-electron chi connectivity index (χ4n) is 2.98. The van der Waals surface area contributed by atoms with Crippen LogP contribution in [0.2, 0.25) is 0 Å². The molecule has 0 saturated heterocycles. The van der Waals surface area contributed by atoms with Crippen LogP contribution in [0.5, 0.6) is 5.75 Å². The minimum absolute atomic E-state index is 0.162. The largest absolute Gasteiger partial charge is 0.481 e. The van der Waals surface area contributed by atoms with Gasteiger partial charge < -0.3 is 19.6 Å². The molecule has 1 heterocycles. The van der Waals surface area contributed by atoms with Crippen LogP contribution in [-0.2, 0) is 16.0 Å². The van der Waals surface area contributed by atoms with Gasteiger partial charge in [-0.3, -0.25) is 4.79 Å². The molecule has 0 bridgehead atoms. The van der Waals surface area contributed by atoms with Gasteiger partial charge in [0.1, 0.15) is 17.4 Å². The van der Waals surface area contributed by atoms with Crippen LogP contribution < -0.4 is 15.7 Å². The molecule has 1 amide bonds. The molecule has 0 aliphatic carbocycles. The Morgan fingerprint density at radius 1 is 1.14 bits per heavy atom. The van der Waals surface area contributed by atoms with Crippen LogP contribution in [0, 0.1) is 6.92 Å². The molecule has 2 atom stereocenters. The molecule has 0 saturated carbocycles. The standard InChI is InChI=1S/C22H21NO6/c1-13-10-20(24)29-19-12-16(8-9-17(13)19)28-14(2)21(25)23-18(22(26)27)11-15-6-4-3-5-7-15/h3-10,12,14,18H,11H2,1-2H3,(H,23,25)(H,26,27). The number of carbonyl (C=O) groups excluding carboxylic acids is 1. The van der Waals surface area contributed by atoms with E-state index >= 15 is 0 Å². The quantitative estimate of drug-likeness (QED) is 0.596. The van der Waals surface area contributed by atoms with Gasteiger partial charge >= 0.3 is 11.6 Å². The molecule has 2 unspecified atom stereocenters. The number of benzene rings is 2. The van der Waals surface area contributed by atoms with Crippen LogP contribution in [0.1, 0.15) is 18.1 Å². The lowest BCUT2D eigenvalue weighted by Gasteiger charge is -2.19. The van der Waals surface area contributed by atoms with E-state index in [-0.39, 0.29) is 6.42 Å². The summed E-state index contributed by atoms with van der Waals surface area (Å²) in [5.41, 5.74) is 1.46. The number of amides is 1. The molecule has 0 aliphatic rings. The van der Waals surface area contributed by atoms with Gasteiger partial charge in [-0.15, -0.1) is 0 Å². The first-order valence-electron chi connectivity index (χ1n) is 9.12. The van der Waals surface area contributed by atoms with E-state index in [4.69, 9.17) is 9.15 Å². The van der Waals surface area contributed by atoms with Gasteiger partial charge in [-0.05, 0) is 37.1 Å². The molecule has 0 fully saturated rings. The van der Waals surface area contributed by atoms with Gasteiger partial charge in [-0.25, -0.2) is 9.59 Å². The lowest BCUT2D eigenvalue weighted by molar-refractivity contribution is -0.142. The van der Waals surface area contributed by atoms with E-state index in [9.17, 15) is 19.5 Å². The van der Waals surface area contributed by atoms with Gasteiger partial charge in [0.15, 0.2) is 6.10 Å². The smallest absolute Gasteiger partial charge is 0.336 e. The van der Waals surface area contributed by atoms with Crippen molar-refractivity contribution in [2.45, 2.75) is 32.4 Å². The second-order valence-corrected chi connectivity index (χ2v) is 6.76. The maximum atomic E-state index is 12.5. The van der Waals surface area contributed by atoms with Crippen LogP contribution in [0.4, 0.5) is 0 Å². The number of carboxylic acids is 1. The minimum atomic E-state index is -1.13. The first-order chi connectivity index (χ1) is 13.8. The van der Waals surface area contributed by atoms with Crippen molar-refractivity contribution in [3.05, 3.63) is 76.1 Å². The van der Waals surface area contributed by atoms with Crippen molar-refractivity contribution in [1.82, 2.24) is 5.32 Å². The van der Waals surface area contributed by atoms with Crippen molar-refractivity contribution >= 4 is 22.8 Å². The Kier molecular flexibility index (Phi) is 5.97. The van der Waals surface area contributed by atoms with E-state index < -0.39 is 29.6 Å². The van der Waals surface area contributed by atoms with Gasteiger partial charge in [0, 0.05) is 23.9 Å². The molecular formula is C22H21NO6. The second kappa shape index (κ2) is 8.60. The molecule has 2 N–H and O–H groups in total. The molecule has 3 aromatic rings. The van der Waals surface area contributed by atoms with E-state index in [1.165, 1.54) is 19.1 Å². The highest BCUT2D eigenvalue weighted by Gasteiger charge is 2.24. The molecule has 7 heteroatoms. The van der Waals surface area contributed by atoms with Gasteiger partial charge in [-0.1, -0.05) is 30.3 Å². The first kappa shape index (κ1) is 20.1. The minimum Gasteiger partial charge on any atom is -0.481 e. The monoisotopic (exact) mass is 395 g/mol. The number of ether oxygens (including phenoxy) is 1. The predicted molar refractivity (Wildman–Crippen MR) is 107 cm³/mol. The summed E-state index contributed by atoms with van der Waals surface area (Å²) >= 11 is 0. The zero-order valence-corrected chi connectivity index (χ0v) is 16.0. The number of carbonyl (C=O) groups is 2. The topological polar surface area (TPSA) is 106 Å². The molecule has 0 spiro atoms. The number of carboxylic acid groups (broad SMARTS) is 1. The lowest BCUT2D eigenvalue weighted by atomic mass is 10.1. The predicted octanol–water partition coefficient (Wildman–Crippen LogP) is 2.68. The molecule has 7 nitrogen and oxygen atoms in total. The average molecular weight is 395 g/mol. The third-order valence-electron chi connectivity index (χ3n) is 4.50. The van der Waals surface area contributed by atoms with Gasteiger partial charge in [0.05, 0.1) is 0 Å². The fourth-order valence-corrected chi connectivity index (χ4v) is 2.98. The Morgan fingerprint density at radius 2 is 1.86 bits per heavy atom. The van der Waals surface area contributed by atoms with Crippen molar-refractivity contribution in [1.29, 1.82) is 0 Å². The molecule has 29 heavy (non-hydrogen) atoms. The summed E-state index contributed by atoms with van der Waals surface area (Å²) in [6.45, 7) is 3.32. The highest BCUT2D eigenvalue weighted by atomic mass is 16.5. The number of hydrogen-bond acceptors (Lipinski definition) is 5. The van der Waals surface area contributed by atoms with E-state index in [0.717, 1.165) is 16.5 Å². The molecule has 0 radical (unpaired) electrons. The molecular weight excluding hydrogens is 374 g/mol. The Bertz CT molecular complexity index is 1090. The summed E-state index contributed by atoms with van der Waals surface area (Å²) in [7, 11) is 0. The maximum Gasteiger partial charge on any atom is 0.336 e. The van der Waals surface area contributed by atoms with Crippen LogP contribution in [0.25, 0.3) is 11.0 Å². The van der Waals surface area contributed by atoms with Crippen molar-refractivity contribution in [3.63, 3.8) is 0 Å². The number of rotatable bonds is 7. The van der Waals surface area contributed by atoms with Crippen molar-refractivity contribution in [3.8, 4) is 5.75 Å². The Balaban J connectivity index is 1.70. The summed E-state index contributed by atoms with van der Waals surface area (Å²) in [4.78, 5) is 35.5. The van der Waals surface area contributed by atoms with Crippen molar-refractivity contribution in [2.75, 3.05) is 0 Å². The molecule has 1 aromatic heterocycles. The summed E-state index contributed by atoms with van der Waals surface area (Å²) in [6.07, 6.45) is -0.781. The lowest BCUT2D eigenvalue weighted by Crippen LogP contribution is -2.47.